The zero-order valence-electron chi connectivity index (χ0n) is 14.3. The molecule has 27 heavy (non-hydrogen) atoms. The molecule has 0 N–H and O–H groups in total. The molecule has 0 fully saturated rings. The van der Waals surface area contributed by atoms with Crippen LogP contribution in [0.4, 0.5) is 0 Å². The number of rotatable bonds is 2. The summed E-state index contributed by atoms with van der Waals surface area (Å²) in [6.45, 7) is 0. The minimum absolute atomic E-state index is 0.00850. The SMILES string of the molecule is Cn1c2ccccc2c2c1ccc(=O)n2-c1ccc(-c2noc(Cl)n2)cc1. The van der Waals surface area contributed by atoms with Crippen LogP contribution in [0.2, 0.25) is 5.35 Å². The van der Waals surface area contributed by atoms with Crippen LogP contribution < -0.4 is 5.56 Å². The van der Waals surface area contributed by atoms with Crippen LogP contribution in [0.3, 0.4) is 0 Å². The first-order valence-electron chi connectivity index (χ1n) is 8.33. The van der Waals surface area contributed by atoms with E-state index in [9.17, 15) is 4.79 Å². The number of benzene rings is 2. The monoisotopic (exact) mass is 376 g/mol. The molecule has 2 aromatic carbocycles. The van der Waals surface area contributed by atoms with E-state index in [0.717, 1.165) is 33.2 Å². The summed E-state index contributed by atoms with van der Waals surface area (Å²) < 4.78 is 8.63. The summed E-state index contributed by atoms with van der Waals surface area (Å²) in [5, 5.41) is 4.83. The Morgan fingerprint density at radius 3 is 2.48 bits per heavy atom. The number of pyridine rings is 1. The lowest BCUT2D eigenvalue weighted by Crippen LogP contribution is -2.17. The van der Waals surface area contributed by atoms with Crippen LogP contribution in [0.5, 0.6) is 0 Å². The van der Waals surface area contributed by atoms with Crippen molar-refractivity contribution in [2.24, 2.45) is 7.05 Å². The van der Waals surface area contributed by atoms with Gasteiger partial charge in [0, 0.05) is 29.8 Å². The van der Waals surface area contributed by atoms with Crippen molar-refractivity contribution in [3.8, 4) is 17.1 Å². The number of aryl methyl sites for hydroxylation is 1. The number of fused-ring (bicyclic) bond motifs is 3. The number of hydrogen-bond donors (Lipinski definition) is 0. The molecule has 0 aliphatic carbocycles. The third-order valence-electron chi connectivity index (χ3n) is 4.74. The highest BCUT2D eigenvalue weighted by atomic mass is 35.5. The van der Waals surface area contributed by atoms with E-state index in [1.807, 2.05) is 61.6 Å². The van der Waals surface area contributed by atoms with Gasteiger partial charge >= 0.3 is 5.35 Å². The second kappa shape index (κ2) is 5.82. The van der Waals surface area contributed by atoms with Gasteiger partial charge in [0.25, 0.3) is 5.56 Å². The number of para-hydroxylation sites is 1. The Morgan fingerprint density at radius 1 is 0.963 bits per heavy atom. The first-order chi connectivity index (χ1) is 13.1. The fourth-order valence-corrected chi connectivity index (χ4v) is 3.61. The molecule has 0 saturated carbocycles. The molecule has 0 aliphatic rings. The molecule has 3 aromatic heterocycles. The molecule has 0 spiro atoms. The average Bonchev–Trinajstić information content (AvgIpc) is 3.25. The molecule has 0 unspecified atom stereocenters. The van der Waals surface area contributed by atoms with Crippen molar-refractivity contribution >= 4 is 33.5 Å². The number of nitrogens with zero attached hydrogens (tertiary/aromatic N) is 4. The van der Waals surface area contributed by atoms with Crippen LogP contribution in [0.25, 0.3) is 39.0 Å². The fourth-order valence-electron chi connectivity index (χ4n) is 3.49. The van der Waals surface area contributed by atoms with Gasteiger partial charge in [-0.15, -0.1) is 0 Å². The summed E-state index contributed by atoms with van der Waals surface area (Å²) in [6, 6.07) is 18.9. The van der Waals surface area contributed by atoms with Gasteiger partial charge < -0.3 is 9.09 Å². The van der Waals surface area contributed by atoms with Gasteiger partial charge in [0.1, 0.15) is 0 Å². The fraction of sp³-hybridized carbons (Fsp3) is 0.0500. The van der Waals surface area contributed by atoms with Gasteiger partial charge in [-0.25, -0.2) is 0 Å². The minimum atomic E-state index is -0.0887. The average molecular weight is 377 g/mol. The maximum Gasteiger partial charge on any atom is 0.320 e. The van der Waals surface area contributed by atoms with Gasteiger partial charge in [-0.3, -0.25) is 9.36 Å². The molecule has 0 atom stereocenters. The van der Waals surface area contributed by atoms with Gasteiger partial charge in [-0.2, -0.15) is 4.98 Å². The van der Waals surface area contributed by atoms with Crippen LogP contribution >= 0.6 is 11.6 Å². The largest absolute Gasteiger partial charge is 0.342 e. The highest BCUT2D eigenvalue weighted by Gasteiger charge is 2.14. The summed E-state index contributed by atoms with van der Waals surface area (Å²) in [5.74, 6) is 0.405. The maximum absolute atomic E-state index is 12.7. The normalized spacial score (nSPS) is 11.5. The van der Waals surface area contributed by atoms with Crippen molar-refractivity contribution < 1.29 is 4.52 Å². The molecular weight excluding hydrogens is 364 g/mol. The highest BCUT2D eigenvalue weighted by Crippen LogP contribution is 2.29. The summed E-state index contributed by atoms with van der Waals surface area (Å²) in [5.41, 5.74) is 4.38. The molecule has 132 valence electrons. The Hall–Kier alpha value is -3.38. The van der Waals surface area contributed by atoms with Crippen molar-refractivity contribution in [3.63, 3.8) is 0 Å². The Kier molecular flexibility index (Phi) is 3.42. The first-order valence-corrected chi connectivity index (χ1v) is 8.70. The van der Waals surface area contributed by atoms with Crippen LogP contribution in [0, 0.1) is 0 Å². The van der Waals surface area contributed by atoms with Gasteiger partial charge in [-0.05, 0) is 48.0 Å². The van der Waals surface area contributed by atoms with Gasteiger partial charge in [0.2, 0.25) is 5.82 Å². The number of hydrogen-bond acceptors (Lipinski definition) is 4. The van der Waals surface area contributed by atoms with Crippen LogP contribution in [-0.4, -0.2) is 19.3 Å². The van der Waals surface area contributed by atoms with E-state index in [0.29, 0.717) is 5.82 Å². The number of halogens is 1. The molecule has 5 aromatic rings. The molecular formula is C20H13ClN4O2. The Labute approximate surface area is 158 Å². The van der Waals surface area contributed by atoms with Crippen molar-refractivity contribution in [1.29, 1.82) is 0 Å². The van der Waals surface area contributed by atoms with Crippen LogP contribution in [0.1, 0.15) is 0 Å². The van der Waals surface area contributed by atoms with E-state index < -0.39 is 0 Å². The van der Waals surface area contributed by atoms with Crippen LogP contribution in [-0.2, 0) is 7.05 Å². The molecule has 0 aliphatic heterocycles. The lowest BCUT2D eigenvalue weighted by atomic mass is 10.1. The molecule has 7 heteroatoms. The topological polar surface area (TPSA) is 65.8 Å². The van der Waals surface area contributed by atoms with Crippen LogP contribution in [0.15, 0.2) is 70.0 Å². The van der Waals surface area contributed by atoms with E-state index in [-0.39, 0.29) is 10.9 Å². The molecule has 0 radical (unpaired) electrons. The lowest BCUT2D eigenvalue weighted by Gasteiger charge is -2.09. The molecule has 0 amide bonds. The predicted molar refractivity (Wildman–Crippen MR) is 104 cm³/mol. The van der Waals surface area contributed by atoms with Gasteiger partial charge in [0.15, 0.2) is 0 Å². The molecule has 5 rings (SSSR count). The summed E-state index contributed by atoms with van der Waals surface area (Å²) in [4.78, 5) is 16.8. The quantitative estimate of drug-likeness (QED) is 0.463. The zero-order valence-corrected chi connectivity index (χ0v) is 15.0. The standard InChI is InChI=1S/C20H13ClN4O2/c1-24-15-5-3-2-4-14(15)18-16(24)10-11-17(26)25(18)13-8-6-12(7-9-13)19-22-20(21)27-23-19/h2-11H,1H3. The lowest BCUT2D eigenvalue weighted by molar-refractivity contribution is 0.421. The highest BCUT2D eigenvalue weighted by molar-refractivity contribution is 6.27. The summed E-state index contributed by atoms with van der Waals surface area (Å²) in [7, 11) is 2.00. The summed E-state index contributed by atoms with van der Waals surface area (Å²) in [6.07, 6.45) is 0. The molecule has 0 bridgehead atoms. The second-order valence-corrected chi connectivity index (χ2v) is 6.56. The van der Waals surface area contributed by atoms with E-state index >= 15 is 0 Å². The minimum Gasteiger partial charge on any atom is -0.342 e. The first kappa shape index (κ1) is 15.8. The molecule has 3 heterocycles. The van der Waals surface area contributed by atoms with Crippen molar-refractivity contribution in [1.82, 2.24) is 19.3 Å². The summed E-state index contributed by atoms with van der Waals surface area (Å²) >= 11 is 5.69. The van der Waals surface area contributed by atoms with Crippen molar-refractivity contribution in [3.05, 3.63) is 76.4 Å². The van der Waals surface area contributed by atoms with Gasteiger partial charge in [0.05, 0.1) is 16.6 Å². The van der Waals surface area contributed by atoms with E-state index in [1.165, 1.54) is 0 Å². The molecule has 6 nitrogen and oxygen atoms in total. The van der Waals surface area contributed by atoms with Crippen molar-refractivity contribution in [2.45, 2.75) is 0 Å². The van der Waals surface area contributed by atoms with E-state index in [4.69, 9.17) is 16.1 Å². The smallest absolute Gasteiger partial charge is 0.320 e. The predicted octanol–water partition coefficient (Wildman–Crippen LogP) is 4.19. The van der Waals surface area contributed by atoms with E-state index in [2.05, 4.69) is 14.7 Å². The van der Waals surface area contributed by atoms with E-state index in [1.54, 1.807) is 10.6 Å². The zero-order chi connectivity index (χ0) is 18.5. The van der Waals surface area contributed by atoms with Crippen molar-refractivity contribution in [2.75, 3.05) is 0 Å². The third kappa shape index (κ3) is 2.38. The van der Waals surface area contributed by atoms with Gasteiger partial charge in [-0.1, -0.05) is 23.4 Å². The third-order valence-corrected chi connectivity index (χ3v) is 4.89. The Morgan fingerprint density at radius 2 is 1.74 bits per heavy atom. The second-order valence-electron chi connectivity index (χ2n) is 6.23. The Bertz CT molecular complexity index is 1360. The molecule has 0 saturated heterocycles. The maximum atomic E-state index is 12.7. The number of aromatic nitrogens is 4. The Balaban J connectivity index is 1.76.